The van der Waals surface area contributed by atoms with Crippen LogP contribution in [0.15, 0.2) is 41.5 Å². The van der Waals surface area contributed by atoms with Crippen molar-refractivity contribution < 1.29 is 4.42 Å². The highest BCUT2D eigenvalue weighted by Gasteiger charge is 2.07. The Balaban J connectivity index is 2.15. The second-order valence-electron chi connectivity index (χ2n) is 4.02. The van der Waals surface area contributed by atoms with E-state index in [1.807, 2.05) is 31.6 Å². The van der Waals surface area contributed by atoms with Crippen LogP contribution in [0.25, 0.3) is 0 Å². The van der Waals surface area contributed by atoms with E-state index < -0.39 is 0 Å². The number of aromatic nitrogens is 1. The van der Waals surface area contributed by atoms with Crippen molar-refractivity contribution in [1.82, 2.24) is 10.3 Å². The normalized spacial score (nSPS) is 10.5. The second kappa shape index (κ2) is 5.50. The molecule has 0 aliphatic carbocycles. The van der Waals surface area contributed by atoms with Crippen molar-refractivity contribution in [3.05, 3.63) is 48.2 Å². The smallest absolute Gasteiger partial charge is 0.0952 e. The van der Waals surface area contributed by atoms with Gasteiger partial charge in [-0.25, -0.2) is 0 Å². The molecule has 0 saturated heterocycles. The van der Waals surface area contributed by atoms with Gasteiger partial charge in [-0.2, -0.15) is 0 Å². The Morgan fingerprint density at radius 2 is 2.29 bits per heavy atom. The van der Waals surface area contributed by atoms with Crippen LogP contribution >= 0.6 is 0 Å². The molecule has 4 heteroatoms. The van der Waals surface area contributed by atoms with Gasteiger partial charge >= 0.3 is 0 Å². The summed E-state index contributed by atoms with van der Waals surface area (Å²) in [6, 6.07) is 4.02. The van der Waals surface area contributed by atoms with Crippen LogP contribution in [0.1, 0.15) is 11.1 Å². The summed E-state index contributed by atoms with van der Waals surface area (Å²) in [5.41, 5.74) is 3.55. The summed E-state index contributed by atoms with van der Waals surface area (Å²) in [4.78, 5) is 6.35. The van der Waals surface area contributed by atoms with E-state index in [0.29, 0.717) is 0 Å². The molecule has 2 aromatic rings. The standard InChI is InChI=1S/C13H17N3O/c1-14-7-12-8-15-5-3-13(12)16(2)9-11-4-6-17-10-11/h3-6,8,10,14H,7,9H2,1-2H3. The van der Waals surface area contributed by atoms with Crippen molar-refractivity contribution in [2.45, 2.75) is 13.1 Å². The van der Waals surface area contributed by atoms with Gasteiger partial charge in [-0.3, -0.25) is 4.98 Å². The van der Waals surface area contributed by atoms with Crippen LogP contribution in [0.2, 0.25) is 0 Å². The number of hydrogen-bond acceptors (Lipinski definition) is 4. The maximum absolute atomic E-state index is 5.08. The average Bonchev–Trinajstić information content (AvgIpc) is 2.83. The van der Waals surface area contributed by atoms with Gasteiger partial charge in [-0.1, -0.05) is 0 Å². The fourth-order valence-corrected chi connectivity index (χ4v) is 1.86. The molecule has 4 nitrogen and oxygen atoms in total. The summed E-state index contributed by atoms with van der Waals surface area (Å²) in [6.07, 6.45) is 7.19. The van der Waals surface area contributed by atoms with Gasteiger partial charge in [0.25, 0.3) is 0 Å². The molecule has 0 aliphatic heterocycles. The number of nitrogens with zero attached hydrogens (tertiary/aromatic N) is 2. The van der Waals surface area contributed by atoms with E-state index >= 15 is 0 Å². The predicted octanol–water partition coefficient (Wildman–Crippen LogP) is 2.03. The van der Waals surface area contributed by atoms with E-state index in [9.17, 15) is 0 Å². The Hall–Kier alpha value is -1.81. The highest BCUT2D eigenvalue weighted by Crippen LogP contribution is 2.19. The number of hydrogen-bond donors (Lipinski definition) is 1. The molecule has 0 amide bonds. The Morgan fingerprint density at radius 1 is 1.41 bits per heavy atom. The Morgan fingerprint density at radius 3 is 3.00 bits per heavy atom. The third kappa shape index (κ3) is 2.85. The summed E-state index contributed by atoms with van der Waals surface area (Å²) in [5, 5.41) is 3.15. The van der Waals surface area contributed by atoms with Crippen LogP contribution in [-0.2, 0) is 13.1 Å². The molecule has 0 bridgehead atoms. The number of nitrogens with one attached hydrogen (secondary N) is 1. The largest absolute Gasteiger partial charge is 0.472 e. The van der Waals surface area contributed by atoms with E-state index in [4.69, 9.17) is 4.42 Å². The van der Waals surface area contributed by atoms with Gasteiger partial charge in [-0.15, -0.1) is 0 Å². The molecule has 2 aromatic heterocycles. The van der Waals surface area contributed by atoms with E-state index in [1.54, 1.807) is 12.5 Å². The topological polar surface area (TPSA) is 41.3 Å². The van der Waals surface area contributed by atoms with E-state index in [0.717, 1.165) is 13.1 Å². The average molecular weight is 231 g/mol. The molecule has 0 aliphatic rings. The first-order valence-corrected chi connectivity index (χ1v) is 5.61. The van der Waals surface area contributed by atoms with Gasteiger partial charge in [0.1, 0.15) is 0 Å². The zero-order valence-electron chi connectivity index (χ0n) is 10.2. The Kier molecular flexibility index (Phi) is 3.77. The summed E-state index contributed by atoms with van der Waals surface area (Å²) in [6.45, 7) is 1.65. The van der Waals surface area contributed by atoms with Gasteiger partial charge < -0.3 is 14.6 Å². The lowest BCUT2D eigenvalue weighted by Gasteiger charge is -2.21. The van der Waals surface area contributed by atoms with E-state index in [2.05, 4.69) is 22.2 Å². The molecular formula is C13H17N3O. The third-order valence-corrected chi connectivity index (χ3v) is 2.66. The van der Waals surface area contributed by atoms with Gasteiger partial charge in [0.15, 0.2) is 0 Å². The maximum atomic E-state index is 5.08. The Labute approximate surface area is 101 Å². The first-order chi connectivity index (χ1) is 8.31. The number of anilines is 1. The summed E-state index contributed by atoms with van der Waals surface area (Å²) < 4.78 is 5.08. The molecule has 0 unspecified atom stereocenters. The van der Waals surface area contributed by atoms with Crippen molar-refractivity contribution in [1.29, 1.82) is 0 Å². The van der Waals surface area contributed by atoms with Gasteiger partial charge in [-0.05, 0) is 19.2 Å². The van der Waals surface area contributed by atoms with Gasteiger partial charge in [0.05, 0.1) is 12.5 Å². The van der Waals surface area contributed by atoms with Crippen LogP contribution in [-0.4, -0.2) is 19.1 Å². The van der Waals surface area contributed by atoms with Crippen molar-refractivity contribution in [3.63, 3.8) is 0 Å². The van der Waals surface area contributed by atoms with Crippen molar-refractivity contribution in [2.24, 2.45) is 0 Å². The molecule has 2 heterocycles. The number of furan rings is 1. The molecule has 0 spiro atoms. The minimum atomic E-state index is 0.818. The highest BCUT2D eigenvalue weighted by atomic mass is 16.3. The second-order valence-corrected chi connectivity index (χ2v) is 4.02. The predicted molar refractivity (Wildman–Crippen MR) is 67.8 cm³/mol. The van der Waals surface area contributed by atoms with Gasteiger partial charge in [0.2, 0.25) is 0 Å². The molecule has 1 N–H and O–H groups in total. The molecule has 0 fully saturated rings. The minimum Gasteiger partial charge on any atom is -0.472 e. The first-order valence-electron chi connectivity index (χ1n) is 5.61. The van der Waals surface area contributed by atoms with Crippen LogP contribution in [0.3, 0.4) is 0 Å². The van der Waals surface area contributed by atoms with E-state index in [1.165, 1.54) is 16.8 Å². The highest BCUT2D eigenvalue weighted by molar-refractivity contribution is 5.51. The molecule has 17 heavy (non-hydrogen) atoms. The lowest BCUT2D eigenvalue weighted by Crippen LogP contribution is -2.19. The van der Waals surface area contributed by atoms with Crippen LogP contribution < -0.4 is 10.2 Å². The lowest BCUT2D eigenvalue weighted by molar-refractivity contribution is 0.563. The zero-order chi connectivity index (χ0) is 12.1. The summed E-state index contributed by atoms with van der Waals surface area (Å²) in [5.74, 6) is 0. The molecule has 0 atom stereocenters. The zero-order valence-corrected chi connectivity index (χ0v) is 10.2. The van der Waals surface area contributed by atoms with Gasteiger partial charge in [0, 0.05) is 49.3 Å². The molecule has 0 radical (unpaired) electrons. The molecular weight excluding hydrogens is 214 g/mol. The number of rotatable bonds is 5. The summed E-state index contributed by atoms with van der Waals surface area (Å²) in [7, 11) is 4.01. The molecule has 90 valence electrons. The molecule has 2 rings (SSSR count). The molecule has 0 aromatic carbocycles. The quantitative estimate of drug-likeness (QED) is 0.855. The Bertz CT molecular complexity index is 453. The summed E-state index contributed by atoms with van der Waals surface area (Å²) >= 11 is 0. The van der Waals surface area contributed by atoms with Crippen molar-refractivity contribution >= 4 is 5.69 Å². The monoisotopic (exact) mass is 231 g/mol. The first kappa shape index (κ1) is 11.7. The van der Waals surface area contributed by atoms with Crippen molar-refractivity contribution in [2.75, 3.05) is 19.0 Å². The number of pyridine rings is 1. The van der Waals surface area contributed by atoms with Crippen LogP contribution in [0.5, 0.6) is 0 Å². The van der Waals surface area contributed by atoms with E-state index in [-0.39, 0.29) is 0 Å². The fourth-order valence-electron chi connectivity index (χ4n) is 1.86. The lowest BCUT2D eigenvalue weighted by atomic mass is 10.2. The molecule has 0 saturated carbocycles. The minimum absolute atomic E-state index is 0.818. The SMILES string of the molecule is CNCc1cnccc1N(C)Cc1ccoc1. The fraction of sp³-hybridized carbons (Fsp3) is 0.308. The maximum Gasteiger partial charge on any atom is 0.0952 e. The third-order valence-electron chi connectivity index (χ3n) is 2.66. The van der Waals surface area contributed by atoms with Crippen LogP contribution in [0.4, 0.5) is 5.69 Å². The van der Waals surface area contributed by atoms with Crippen LogP contribution in [0, 0.1) is 0 Å². The van der Waals surface area contributed by atoms with Crippen molar-refractivity contribution in [3.8, 4) is 0 Å².